The molecule has 1 aromatic carbocycles. The Labute approximate surface area is 116 Å². The van der Waals surface area contributed by atoms with Gasteiger partial charge in [0.05, 0.1) is 6.10 Å². The lowest BCUT2D eigenvalue weighted by Crippen LogP contribution is -2.33. The molecule has 0 spiro atoms. The number of β-amino-alcohol motifs (C(OH)–C–C–N with tert-alkyl or cyclic N) is 1. The summed E-state index contributed by atoms with van der Waals surface area (Å²) < 4.78 is 5.20. The van der Waals surface area contributed by atoms with Crippen molar-refractivity contribution in [2.45, 2.75) is 12.5 Å². The molecule has 2 N–H and O–H groups in total. The van der Waals surface area contributed by atoms with Crippen molar-refractivity contribution in [3.8, 4) is 11.3 Å². The third-order valence-electron chi connectivity index (χ3n) is 3.25. The van der Waals surface area contributed by atoms with Crippen LogP contribution in [-0.4, -0.2) is 40.4 Å². The number of nitrogens with one attached hydrogen (secondary N) is 1. The Morgan fingerprint density at radius 1 is 1.40 bits per heavy atom. The van der Waals surface area contributed by atoms with E-state index in [1.807, 2.05) is 30.3 Å². The Hall–Kier alpha value is -2.34. The number of aliphatic hydroxyl groups excluding tert-OH is 1. The van der Waals surface area contributed by atoms with Gasteiger partial charge < -0.3 is 14.5 Å². The molecule has 2 heterocycles. The van der Waals surface area contributed by atoms with E-state index in [2.05, 4.69) is 10.5 Å². The van der Waals surface area contributed by atoms with Crippen LogP contribution < -0.4 is 5.32 Å². The molecule has 104 valence electrons. The minimum Gasteiger partial charge on any atom is -0.391 e. The summed E-state index contributed by atoms with van der Waals surface area (Å²) in [6, 6.07) is 10.9. The molecule has 2 aromatic rings. The van der Waals surface area contributed by atoms with Crippen molar-refractivity contribution in [3.63, 3.8) is 0 Å². The van der Waals surface area contributed by atoms with Crippen molar-refractivity contribution in [1.82, 2.24) is 10.1 Å². The molecule has 1 aliphatic heterocycles. The molecule has 0 unspecified atom stereocenters. The molecule has 0 bridgehead atoms. The summed E-state index contributed by atoms with van der Waals surface area (Å²) in [5.74, 6) is 0.970. The Morgan fingerprint density at radius 3 is 2.90 bits per heavy atom. The van der Waals surface area contributed by atoms with Crippen LogP contribution in [-0.2, 0) is 0 Å². The summed E-state index contributed by atoms with van der Waals surface area (Å²) >= 11 is 0. The van der Waals surface area contributed by atoms with Gasteiger partial charge in [-0.25, -0.2) is 4.79 Å². The topological polar surface area (TPSA) is 78.6 Å². The molecule has 0 aliphatic carbocycles. The number of likely N-dealkylation sites (tertiary alicyclic amines) is 1. The molecule has 6 nitrogen and oxygen atoms in total. The van der Waals surface area contributed by atoms with E-state index in [4.69, 9.17) is 4.52 Å². The van der Waals surface area contributed by atoms with Gasteiger partial charge in [-0.1, -0.05) is 35.5 Å². The van der Waals surface area contributed by atoms with Gasteiger partial charge in [-0.05, 0) is 6.42 Å². The van der Waals surface area contributed by atoms with Crippen molar-refractivity contribution >= 4 is 11.8 Å². The molecular weight excluding hydrogens is 258 g/mol. The Morgan fingerprint density at radius 2 is 2.20 bits per heavy atom. The van der Waals surface area contributed by atoms with Gasteiger partial charge in [0.25, 0.3) is 0 Å². The zero-order valence-electron chi connectivity index (χ0n) is 10.8. The van der Waals surface area contributed by atoms with E-state index in [1.165, 1.54) is 0 Å². The van der Waals surface area contributed by atoms with Crippen LogP contribution in [0.25, 0.3) is 11.3 Å². The van der Waals surface area contributed by atoms with Gasteiger partial charge in [-0.2, -0.15) is 0 Å². The summed E-state index contributed by atoms with van der Waals surface area (Å²) in [7, 11) is 0. The summed E-state index contributed by atoms with van der Waals surface area (Å²) in [5, 5.41) is 15.9. The highest BCUT2D eigenvalue weighted by molar-refractivity contribution is 5.89. The first-order chi connectivity index (χ1) is 9.72. The molecular formula is C14H15N3O3. The minimum atomic E-state index is -0.432. The van der Waals surface area contributed by atoms with E-state index in [9.17, 15) is 9.90 Å². The lowest BCUT2D eigenvalue weighted by molar-refractivity contribution is 0.176. The predicted molar refractivity (Wildman–Crippen MR) is 73.2 cm³/mol. The fraction of sp³-hybridized carbons (Fsp3) is 0.286. The quantitative estimate of drug-likeness (QED) is 0.876. The van der Waals surface area contributed by atoms with Gasteiger partial charge in [0, 0.05) is 24.7 Å². The number of benzene rings is 1. The average Bonchev–Trinajstić information content (AvgIpc) is 3.09. The number of carbonyl (C=O) groups excluding carboxylic acids is 1. The van der Waals surface area contributed by atoms with Crippen LogP contribution >= 0.6 is 0 Å². The Bertz CT molecular complexity index is 597. The fourth-order valence-electron chi connectivity index (χ4n) is 2.19. The van der Waals surface area contributed by atoms with Gasteiger partial charge in [-0.3, -0.25) is 5.32 Å². The predicted octanol–water partition coefficient (Wildman–Crippen LogP) is 1.94. The number of nitrogens with zero attached hydrogens (tertiary/aromatic N) is 2. The van der Waals surface area contributed by atoms with Crippen LogP contribution in [0.4, 0.5) is 10.6 Å². The summed E-state index contributed by atoms with van der Waals surface area (Å²) in [6.07, 6.45) is 0.180. The molecule has 1 aromatic heterocycles. The molecule has 20 heavy (non-hydrogen) atoms. The van der Waals surface area contributed by atoms with Crippen molar-refractivity contribution in [3.05, 3.63) is 36.4 Å². The normalized spacial score (nSPS) is 18.2. The minimum absolute atomic E-state index is 0.269. The van der Waals surface area contributed by atoms with E-state index < -0.39 is 6.10 Å². The summed E-state index contributed by atoms with van der Waals surface area (Å²) in [4.78, 5) is 13.5. The number of amides is 2. The summed E-state index contributed by atoms with van der Waals surface area (Å²) in [5.41, 5.74) is 0.900. The lowest BCUT2D eigenvalue weighted by atomic mass is 10.2. The van der Waals surface area contributed by atoms with Gasteiger partial charge in [0.2, 0.25) is 0 Å². The lowest BCUT2D eigenvalue weighted by Gasteiger charge is -2.14. The maximum Gasteiger partial charge on any atom is 0.323 e. The summed E-state index contributed by atoms with van der Waals surface area (Å²) in [6.45, 7) is 0.908. The van der Waals surface area contributed by atoms with Gasteiger partial charge >= 0.3 is 6.03 Å². The van der Waals surface area contributed by atoms with Crippen LogP contribution in [0.2, 0.25) is 0 Å². The molecule has 2 amide bonds. The zero-order valence-corrected chi connectivity index (χ0v) is 10.8. The first kappa shape index (κ1) is 12.7. The maximum absolute atomic E-state index is 11.9. The number of anilines is 1. The monoisotopic (exact) mass is 273 g/mol. The molecule has 1 fully saturated rings. The number of hydrogen-bond donors (Lipinski definition) is 2. The molecule has 1 saturated heterocycles. The van der Waals surface area contributed by atoms with Crippen molar-refractivity contribution in [2.75, 3.05) is 18.4 Å². The van der Waals surface area contributed by atoms with Gasteiger partial charge in [-0.15, -0.1) is 0 Å². The van der Waals surface area contributed by atoms with E-state index in [-0.39, 0.29) is 6.03 Å². The molecule has 3 rings (SSSR count). The zero-order chi connectivity index (χ0) is 13.9. The highest BCUT2D eigenvalue weighted by Gasteiger charge is 2.25. The second-order valence-corrected chi connectivity index (χ2v) is 4.76. The Kier molecular flexibility index (Phi) is 3.39. The number of urea groups is 1. The molecule has 1 atom stereocenters. The van der Waals surface area contributed by atoms with Crippen LogP contribution in [0.3, 0.4) is 0 Å². The average molecular weight is 273 g/mol. The van der Waals surface area contributed by atoms with Gasteiger partial charge in [0.1, 0.15) is 0 Å². The van der Waals surface area contributed by atoms with E-state index in [0.29, 0.717) is 31.1 Å². The van der Waals surface area contributed by atoms with Crippen LogP contribution in [0.1, 0.15) is 6.42 Å². The number of aromatic nitrogens is 1. The number of hydrogen-bond acceptors (Lipinski definition) is 4. The molecule has 0 radical (unpaired) electrons. The number of rotatable bonds is 2. The van der Waals surface area contributed by atoms with Gasteiger partial charge in [0.15, 0.2) is 11.6 Å². The Balaban J connectivity index is 1.67. The van der Waals surface area contributed by atoms with Crippen LogP contribution in [0, 0.1) is 0 Å². The van der Waals surface area contributed by atoms with E-state index in [1.54, 1.807) is 11.0 Å². The van der Waals surface area contributed by atoms with E-state index in [0.717, 1.165) is 5.56 Å². The SMILES string of the molecule is O=C(Nc1cc(-c2ccccc2)on1)N1CC[C@H](O)C1. The second-order valence-electron chi connectivity index (χ2n) is 4.76. The van der Waals surface area contributed by atoms with Crippen LogP contribution in [0.5, 0.6) is 0 Å². The third-order valence-corrected chi connectivity index (χ3v) is 3.25. The van der Waals surface area contributed by atoms with Crippen LogP contribution in [0.15, 0.2) is 40.9 Å². The molecule has 1 aliphatic rings. The highest BCUT2D eigenvalue weighted by atomic mass is 16.5. The first-order valence-corrected chi connectivity index (χ1v) is 6.48. The molecule has 6 heteroatoms. The fourth-order valence-corrected chi connectivity index (χ4v) is 2.19. The van der Waals surface area contributed by atoms with E-state index >= 15 is 0 Å². The maximum atomic E-state index is 11.9. The number of carbonyl (C=O) groups is 1. The molecule has 0 saturated carbocycles. The standard InChI is InChI=1S/C14H15N3O3/c18-11-6-7-17(9-11)14(19)15-13-8-12(20-16-13)10-4-2-1-3-5-10/h1-5,8,11,18H,6-7,9H2,(H,15,16,19)/t11-/m0/s1. The van der Waals surface area contributed by atoms with Crippen molar-refractivity contribution in [2.24, 2.45) is 0 Å². The highest BCUT2D eigenvalue weighted by Crippen LogP contribution is 2.22. The number of aliphatic hydroxyl groups is 1. The van der Waals surface area contributed by atoms with Crippen molar-refractivity contribution in [1.29, 1.82) is 0 Å². The third kappa shape index (κ3) is 2.65. The smallest absolute Gasteiger partial charge is 0.323 e. The second kappa shape index (κ2) is 5.34. The largest absolute Gasteiger partial charge is 0.391 e. The van der Waals surface area contributed by atoms with Crippen molar-refractivity contribution < 1.29 is 14.4 Å². The first-order valence-electron chi connectivity index (χ1n) is 6.48.